The Hall–Kier alpha value is -3.19. The van der Waals surface area contributed by atoms with Crippen LogP contribution >= 0.6 is 23.2 Å². The van der Waals surface area contributed by atoms with Gasteiger partial charge in [-0.2, -0.15) is 0 Å². The number of rotatable bonds is 4. The molecule has 0 saturated carbocycles. The van der Waals surface area contributed by atoms with Crippen molar-refractivity contribution in [2.75, 3.05) is 12.0 Å². The highest BCUT2D eigenvalue weighted by Crippen LogP contribution is 2.52. The molecule has 0 aliphatic carbocycles. The van der Waals surface area contributed by atoms with Gasteiger partial charge in [0.2, 0.25) is 11.8 Å². The number of hydrogen-bond acceptors (Lipinski definition) is 5. The van der Waals surface area contributed by atoms with Crippen LogP contribution in [-0.2, 0) is 24.7 Å². The smallest absolute Gasteiger partial charge is 0.323 e. The number of anilines is 1. The first kappa shape index (κ1) is 22.6. The summed E-state index contributed by atoms with van der Waals surface area (Å²) in [5.41, 5.74) is 0.639. The SMILES string of the molecule is COC(=O)[C@@H]1NC(c2ccc(Cl)cc2)(c2ccc(Cl)cc2)[C@H]2C(=O)N(c3ccccc3)C(=O)[C@@H]12. The maximum absolute atomic E-state index is 14.0. The van der Waals surface area contributed by atoms with E-state index in [0.29, 0.717) is 26.9 Å². The monoisotopic (exact) mass is 494 g/mol. The minimum Gasteiger partial charge on any atom is -0.468 e. The number of fused-ring (bicyclic) bond motifs is 1. The van der Waals surface area contributed by atoms with Gasteiger partial charge in [0, 0.05) is 10.0 Å². The maximum Gasteiger partial charge on any atom is 0.323 e. The summed E-state index contributed by atoms with van der Waals surface area (Å²) in [6, 6.07) is 21.7. The molecule has 2 aliphatic heterocycles. The van der Waals surface area contributed by atoms with Crippen molar-refractivity contribution in [1.82, 2.24) is 5.32 Å². The quantitative estimate of drug-likeness (QED) is 0.434. The van der Waals surface area contributed by atoms with Crippen LogP contribution in [0.2, 0.25) is 10.0 Å². The fraction of sp³-hybridized carbons (Fsp3) is 0.192. The van der Waals surface area contributed by atoms with Crippen LogP contribution in [0.5, 0.6) is 0 Å². The number of imide groups is 1. The third-order valence-corrected chi connectivity index (χ3v) is 7.13. The number of methoxy groups -OCH3 is 1. The number of nitrogens with zero attached hydrogens (tertiary/aromatic N) is 1. The molecule has 34 heavy (non-hydrogen) atoms. The van der Waals surface area contributed by atoms with Crippen molar-refractivity contribution in [1.29, 1.82) is 0 Å². The van der Waals surface area contributed by atoms with Crippen molar-refractivity contribution in [2.24, 2.45) is 11.8 Å². The number of halogens is 2. The molecule has 0 aromatic heterocycles. The molecule has 3 aromatic carbocycles. The van der Waals surface area contributed by atoms with Crippen LogP contribution in [0.1, 0.15) is 11.1 Å². The number of esters is 1. The van der Waals surface area contributed by atoms with Crippen molar-refractivity contribution in [3.8, 4) is 0 Å². The third kappa shape index (κ3) is 3.33. The fourth-order valence-electron chi connectivity index (χ4n) is 5.19. The van der Waals surface area contributed by atoms with E-state index in [-0.39, 0.29) is 0 Å². The summed E-state index contributed by atoms with van der Waals surface area (Å²) in [6.45, 7) is 0. The summed E-state index contributed by atoms with van der Waals surface area (Å²) >= 11 is 12.3. The zero-order chi connectivity index (χ0) is 24.0. The molecule has 2 heterocycles. The van der Waals surface area contributed by atoms with Gasteiger partial charge in [-0.15, -0.1) is 0 Å². The molecular formula is C26H20Cl2N2O4. The van der Waals surface area contributed by atoms with Crippen molar-refractivity contribution in [2.45, 2.75) is 11.6 Å². The lowest BCUT2D eigenvalue weighted by molar-refractivity contribution is -0.145. The highest BCUT2D eigenvalue weighted by atomic mass is 35.5. The number of benzene rings is 3. The number of carbonyl (C=O) groups is 3. The summed E-state index contributed by atoms with van der Waals surface area (Å²) in [4.78, 5) is 41.8. The van der Waals surface area contributed by atoms with Gasteiger partial charge in [0.05, 0.1) is 30.2 Å². The molecule has 5 rings (SSSR count). The molecule has 0 spiro atoms. The molecule has 2 fully saturated rings. The summed E-state index contributed by atoms with van der Waals surface area (Å²) in [6.07, 6.45) is 0. The van der Waals surface area contributed by atoms with Crippen LogP contribution in [0, 0.1) is 11.8 Å². The summed E-state index contributed by atoms with van der Waals surface area (Å²) in [7, 11) is 1.26. The van der Waals surface area contributed by atoms with Crippen LogP contribution in [0.4, 0.5) is 5.69 Å². The van der Waals surface area contributed by atoms with Gasteiger partial charge in [-0.25, -0.2) is 4.90 Å². The Bertz CT molecular complexity index is 1220. The average molecular weight is 495 g/mol. The van der Waals surface area contributed by atoms with Crippen LogP contribution in [0.3, 0.4) is 0 Å². The van der Waals surface area contributed by atoms with Gasteiger partial charge in [0.15, 0.2) is 0 Å². The van der Waals surface area contributed by atoms with Crippen LogP contribution < -0.4 is 10.2 Å². The summed E-state index contributed by atoms with van der Waals surface area (Å²) < 4.78 is 5.04. The van der Waals surface area contributed by atoms with Gasteiger partial charge in [-0.05, 0) is 47.5 Å². The Morgan fingerprint density at radius 2 is 1.38 bits per heavy atom. The van der Waals surface area contributed by atoms with E-state index in [9.17, 15) is 14.4 Å². The minimum atomic E-state index is -1.20. The highest BCUT2D eigenvalue weighted by molar-refractivity contribution is 6.31. The molecule has 2 saturated heterocycles. The number of nitrogens with one attached hydrogen (secondary N) is 1. The van der Waals surface area contributed by atoms with Gasteiger partial charge in [-0.1, -0.05) is 65.7 Å². The van der Waals surface area contributed by atoms with E-state index in [1.54, 1.807) is 78.9 Å². The number of para-hydroxylation sites is 1. The number of amides is 2. The van der Waals surface area contributed by atoms with E-state index < -0.39 is 41.2 Å². The second-order valence-electron chi connectivity index (χ2n) is 8.32. The molecule has 172 valence electrons. The molecule has 0 radical (unpaired) electrons. The Labute approximate surface area is 206 Å². The van der Waals surface area contributed by atoms with Crippen molar-refractivity contribution in [3.63, 3.8) is 0 Å². The Morgan fingerprint density at radius 1 is 0.853 bits per heavy atom. The predicted octanol–water partition coefficient (Wildman–Crippen LogP) is 4.19. The van der Waals surface area contributed by atoms with Gasteiger partial charge >= 0.3 is 5.97 Å². The van der Waals surface area contributed by atoms with Crippen molar-refractivity contribution >= 4 is 46.7 Å². The predicted molar refractivity (Wildman–Crippen MR) is 129 cm³/mol. The number of carbonyl (C=O) groups excluding carboxylic acids is 3. The largest absolute Gasteiger partial charge is 0.468 e. The van der Waals surface area contributed by atoms with E-state index in [2.05, 4.69) is 5.32 Å². The minimum absolute atomic E-state index is 0.398. The highest BCUT2D eigenvalue weighted by Gasteiger charge is 2.68. The number of ether oxygens (including phenoxy) is 1. The first-order valence-electron chi connectivity index (χ1n) is 10.7. The fourth-order valence-corrected chi connectivity index (χ4v) is 5.44. The van der Waals surface area contributed by atoms with Crippen LogP contribution in [-0.4, -0.2) is 30.9 Å². The molecule has 8 heteroatoms. The second kappa shape index (κ2) is 8.55. The second-order valence-corrected chi connectivity index (χ2v) is 9.19. The van der Waals surface area contributed by atoms with E-state index in [0.717, 1.165) is 0 Å². The zero-order valence-corrected chi connectivity index (χ0v) is 19.6. The van der Waals surface area contributed by atoms with Crippen LogP contribution in [0.25, 0.3) is 0 Å². The Morgan fingerprint density at radius 3 is 1.88 bits per heavy atom. The molecule has 6 nitrogen and oxygen atoms in total. The first-order valence-corrected chi connectivity index (χ1v) is 11.4. The van der Waals surface area contributed by atoms with E-state index in [1.165, 1.54) is 12.0 Å². The average Bonchev–Trinajstić information content (AvgIpc) is 3.34. The number of hydrogen-bond donors (Lipinski definition) is 1. The van der Waals surface area contributed by atoms with Gasteiger partial charge in [0.1, 0.15) is 6.04 Å². The molecule has 2 amide bonds. The summed E-state index contributed by atoms with van der Waals surface area (Å²) in [5, 5.41) is 4.38. The van der Waals surface area contributed by atoms with E-state index >= 15 is 0 Å². The van der Waals surface area contributed by atoms with Crippen LogP contribution in [0.15, 0.2) is 78.9 Å². The normalized spacial score (nSPS) is 23.1. The lowest BCUT2D eigenvalue weighted by atomic mass is 9.72. The van der Waals surface area contributed by atoms with E-state index in [1.807, 2.05) is 0 Å². The third-order valence-electron chi connectivity index (χ3n) is 6.63. The Kier molecular flexibility index (Phi) is 5.68. The van der Waals surface area contributed by atoms with E-state index in [4.69, 9.17) is 27.9 Å². The Balaban J connectivity index is 1.76. The molecule has 3 atom stereocenters. The standard InChI is InChI=1S/C26H20Cl2N2O4/c1-34-25(33)22-20-21(24(32)30(23(20)31)19-5-3-2-4-6-19)26(29-22,15-7-11-17(27)12-8-15)16-9-13-18(28)14-10-16/h2-14,20-22,29H,1H3/t20-,21-,22-/m1/s1. The molecular weight excluding hydrogens is 475 g/mol. The van der Waals surface area contributed by atoms with Crippen molar-refractivity contribution in [3.05, 3.63) is 100 Å². The topological polar surface area (TPSA) is 75.7 Å². The first-order chi connectivity index (χ1) is 16.4. The molecule has 2 aliphatic rings. The van der Waals surface area contributed by atoms with Gasteiger partial charge in [-0.3, -0.25) is 19.7 Å². The van der Waals surface area contributed by atoms with Crippen molar-refractivity contribution < 1.29 is 19.1 Å². The molecule has 1 N–H and O–H groups in total. The lowest BCUT2D eigenvalue weighted by Crippen LogP contribution is -2.51. The lowest BCUT2D eigenvalue weighted by Gasteiger charge is -2.36. The molecule has 0 bridgehead atoms. The van der Waals surface area contributed by atoms with Gasteiger partial charge < -0.3 is 4.74 Å². The maximum atomic E-state index is 14.0. The summed E-state index contributed by atoms with van der Waals surface area (Å²) in [5.74, 6) is -3.34. The van der Waals surface area contributed by atoms with Gasteiger partial charge in [0.25, 0.3) is 0 Å². The zero-order valence-electron chi connectivity index (χ0n) is 18.1. The molecule has 3 aromatic rings. The molecule has 0 unspecified atom stereocenters.